The molecule has 0 aliphatic rings. The number of anilines is 2. The molecule has 0 saturated heterocycles. The van der Waals surface area contributed by atoms with Crippen molar-refractivity contribution in [2.75, 3.05) is 11.1 Å². The third-order valence-electron chi connectivity index (χ3n) is 5.50. The lowest BCUT2D eigenvalue weighted by atomic mass is 10.0. The summed E-state index contributed by atoms with van der Waals surface area (Å²) in [6.45, 7) is 0. The van der Waals surface area contributed by atoms with E-state index in [1.165, 1.54) is 0 Å². The fourth-order valence-electron chi connectivity index (χ4n) is 3.81. The molecule has 0 aliphatic carbocycles. The van der Waals surface area contributed by atoms with Gasteiger partial charge in [0, 0.05) is 15.5 Å². The van der Waals surface area contributed by atoms with Gasteiger partial charge in [0.15, 0.2) is 17.8 Å². The van der Waals surface area contributed by atoms with Crippen LogP contribution in [0.5, 0.6) is 0 Å². The first-order chi connectivity index (χ1) is 16.9. The zero-order valence-electron chi connectivity index (χ0n) is 18.2. The van der Waals surface area contributed by atoms with Crippen molar-refractivity contribution in [3.05, 3.63) is 88.6 Å². The monoisotopic (exact) mass is 533 g/mol. The molecule has 35 heavy (non-hydrogen) atoms. The van der Waals surface area contributed by atoms with E-state index in [2.05, 4.69) is 36.5 Å². The number of amides is 2. The molecule has 2 aromatic heterocycles. The minimum absolute atomic E-state index is 0.0638. The summed E-state index contributed by atoms with van der Waals surface area (Å²) in [5.41, 5.74) is 8.49. The number of aliphatic hydroxyl groups is 1. The number of fused-ring (bicyclic) bond motifs is 2. The van der Waals surface area contributed by atoms with Gasteiger partial charge in [-0.1, -0.05) is 46.3 Å². The van der Waals surface area contributed by atoms with Crippen LogP contribution in [0.4, 0.5) is 11.6 Å². The zero-order valence-corrected chi connectivity index (χ0v) is 19.7. The Bertz CT molecular complexity index is 1550. The van der Waals surface area contributed by atoms with Gasteiger partial charge >= 0.3 is 0 Å². The first kappa shape index (κ1) is 22.6. The van der Waals surface area contributed by atoms with Gasteiger partial charge in [-0.3, -0.25) is 9.59 Å². The lowest BCUT2D eigenvalue weighted by Crippen LogP contribution is -2.42. The van der Waals surface area contributed by atoms with E-state index in [9.17, 15) is 14.7 Å². The molecule has 3 aromatic carbocycles. The summed E-state index contributed by atoms with van der Waals surface area (Å²) in [5.74, 6) is -0.936. The highest BCUT2D eigenvalue weighted by Crippen LogP contribution is 2.25. The number of H-pyrrole nitrogens is 1. The van der Waals surface area contributed by atoms with Gasteiger partial charge in [0.1, 0.15) is 5.58 Å². The third-order valence-corrected chi connectivity index (χ3v) is 6.00. The lowest BCUT2D eigenvalue weighted by molar-refractivity contribution is -0.125. The Hall–Kier alpha value is -4.15. The molecule has 10 heteroatoms. The van der Waals surface area contributed by atoms with Crippen molar-refractivity contribution in [2.45, 2.75) is 12.1 Å². The number of furan rings is 1. The van der Waals surface area contributed by atoms with Crippen LogP contribution in [0.1, 0.15) is 22.2 Å². The van der Waals surface area contributed by atoms with Crippen LogP contribution in [0.3, 0.4) is 0 Å². The molecular weight excluding hydrogens is 514 g/mol. The van der Waals surface area contributed by atoms with Gasteiger partial charge in [-0.25, -0.2) is 4.98 Å². The van der Waals surface area contributed by atoms with Gasteiger partial charge < -0.3 is 30.9 Å². The molecular formula is C25H20BrN5O4. The molecule has 0 bridgehead atoms. The second-order valence-corrected chi connectivity index (χ2v) is 8.86. The van der Waals surface area contributed by atoms with E-state index >= 15 is 0 Å². The highest BCUT2D eigenvalue weighted by atomic mass is 79.9. The molecule has 0 saturated carbocycles. The average molecular weight is 534 g/mol. The van der Waals surface area contributed by atoms with Crippen molar-refractivity contribution in [1.82, 2.24) is 15.3 Å². The molecule has 176 valence electrons. The van der Waals surface area contributed by atoms with E-state index in [1.807, 2.05) is 12.1 Å². The van der Waals surface area contributed by atoms with Crippen molar-refractivity contribution in [2.24, 2.45) is 0 Å². The topological polar surface area (TPSA) is 146 Å². The summed E-state index contributed by atoms with van der Waals surface area (Å²) in [7, 11) is 0. The maximum atomic E-state index is 13.0. The van der Waals surface area contributed by atoms with E-state index in [4.69, 9.17) is 10.2 Å². The first-order valence-electron chi connectivity index (χ1n) is 10.7. The Morgan fingerprint density at radius 1 is 1.06 bits per heavy atom. The van der Waals surface area contributed by atoms with Crippen LogP contribution in [-0.4, -0.2) is 33.0 Å². The number of aromatic nitrogens is 2. The molecule has 2 amide bonds. The maximum absolute atomic E-state index is 13.0. The number of aliphatic hydroxyl groups excluding tert-OH is 1. The number of nitrogens with one attached hydrogen (secondary N) is 3. The number of carbonyl (C=O) groups excluding carboxylic acids is 2. The average Bonchev–Trinajstić information content (AvgIpc) is 3.44. The SMILES string of the molecule is Nc1nc2ccc(NC(=O)C(O)C(NC(=O)c3cc4ccc(Br)cc4o3)c3ccccc3)cc2[nH]1. The maximum Gasteiger partial charge on any atom is 0.287 e. The molecule has 2 atom stereocenters. The predicted molar refractivity (Wildman–Crippen MR) is 136 cm³/mol. The number of benzene rings is 3. The molecule has 0 fully saturated rings. The Balaban J connectivity index is 1.39. The molecule has 5 aromatic rings. The molecule has 2 unspecified atom stereocenters. The molecule has 2 heterocycles. The fraction of sp³-hybridized carbons (Fsp3) is 0.0800. The lowest BCUT2D eigenvalue weighted by Gasteiger charge is -2.23. The largest absolute Gasteiger partial charge is 0.451 e. The van der Waals surface area contributed by atoms with E-state index in [1.54, 1.807) is 60.7 Å². The minimum Gasteiger partial charge on any atom is -0.451 e. The Kier molecular flexibility index (Phi) is 5.98. The first-order valence-corrected chi connectivity index (χ1v) is 11.5. The fourth-order valence-corrected chi connectivity index (χ4v) is 4.15. The van der Waals surface area contributed by atoms with Crippen LogP contribution >= 0.6 is 15.9 Å². The van der Waals surface area contributed by atoms with Gasteiger partial charge in [-0.15, -0.1) is 0 Å². The van der Waals surface area contributed by atoms with E-state index < -0.39 is 24.0 Å². The van der Waals surface area contributed by atoms with Crippen LogP contribution in [0, 0.1) is 0 Å². The number of nitrogen functional groups attached to an aromatic ring is 1. The summed E-state index contributed by atoms with van der Waals surface area (Å²) in [4.78, 5) is 33.0. The highest BCUT2D eigenvalue weighted by Gasteiger charge is 2.30. The summed E-state index contributed by atoms with van der Waals surface area (Å²) < 4.78 is 6.50. The number of carbonyl (C=O) groups is 2. The Morgan fingerprint density at radius 2 is 1.86 bits per heavy atom. The van der Waals surface area contributed by atoms with Gasteiger partial charge in [0.05, 0.1) is 17.1 Å². The molecule has 5 rings (SSSR count). The quantitative estimate of drug-likeness (QED) is 0.222. The summed E-state index contributed by atoms with van der Waals surface area (Å²) in [5, 5.41) is 17.1. The number of hydrogen-bond donors (Lipinski definition) is 5. The number of nitrogens with zero attached hydrogens (tertiary/aromatic N) is 1. The normalized spacial score (nSPS) is 13.0. The van der Waals surface area contributed by atoms with Gasteiger partial charge in [-0.2, -0.15) is 0 Å². The van der Waals surface area contributed by atoms with Crippen molar-refractivity contribution in [3.63, 3.8) is 0 Å². The van der Waals surface area contributed by atoms with Gasteiger partial charge in [0.2, 0.25) is 0 Å². The van der Waals surface area contributed by atoms with Crippen LogP contribution in [0.25, 0.3) is 22.0 Å². The molecule has 0 spiro atoms. The summed E-state index contributed by atoms with van der Waals surface area (Å²) >= 11 is 3.38. The van der Waals surface area contributed by atoms with Crippen LogP contribution < -0.4 is 16.4 Å². The smallest absolute Gasteiger partial charge is 0.287 e. The number of imidazole rings is 1. The van der Waals surface area contributed by atoms with Crippen molar-refractivity contribution < 1.29 is 19.1 Å². The summed E-state index contributed by atoms with van der Waals surface area (Å²) in [6, 6.07) is 19.8. The number of aromatic amines is 1. The number of nitrogens with two attached hydrogens (primary N) is 1. The Labute approximate surface area is 207 Å². The standard InChI is InChI=1S/C25H20BrN5O4/c26-15-7-6-14-10-20(35-19(14)11-15)23(33)31-21(13-4-2-1-3-5-13)22(32)24(34)28-16-8-9-17-18(12-16)30-25(27)29-17/h1-12,21-22,32H,(H,28,34)(H,31,33)(H3,27,29,30). The van der Waals surface area contributed by atoms with Crippen molar-refractivity contribution in [1.29, 1.82) is 0 Å². The highest BCUT2D eigenvalue weighted by molar-refractivity contribution is 9.10. The predicted octanol–water partition coefficient (Wildman–Crippen LogP) is 4.12. The second-order valence-electron chi connectivity index (χ2n) is 7.94. The van der Waals surface area contributed by atoms with E-state index in [0.717, 1.165) is 9.86 Å². The molecule has 6 N–H and O–H groups in total. The van der Waals surface area contributed by atoms with Crippen LogP contribution in [-0.2, 0) is 4.79 Å². The van der Waals surface area contributed by atoms with Crippen LogP contribution in [0.2, 0.25) is 0 Å². The molecule has 9 nitrogen and oxygen atoms in total. The minimum atomic E-state index is -1.59. The Morgan fingerprint density at radius 3 is 2.66 bits per heavy atom. The second kappa shape index (κ2) is 9.24. The van der Waals surface area contributed by atoms with Gasteiger partial charge in [0.25, 0.3) is 11.8 Å². The number of rotatable bonds is 6. The van der Waals surface area contributed by atoms with Crippen molar-refractivity contribution in [3.8, 4) is 0 Å². The zero-order chi connectivity index (χ0) is 24.5. The summed E-state index contributed by atoms with van der Waals surface area (Å²) in [6.07, 6.45) is -1.59. The number of halogens is 1. The van der Waals surface area contributed by atoms with E-state index in [-0.39, 0.29) is 11.7 Å². The molecule has 0 aliphatic heterocycles. The third kappa shape index (κ3) is 4.75. The number of hydrogen-bond acceptors (Lipinski definition) is 6. The van der Waals surface area contributed by atoms with Gasteiger partial charge in [-0.05, 0) is 48.0 Å². The van der Waals surface area contributed by atoms with Crippen molar-refractivity contribution >= 4 is 61.4 Å². The molecule has 0 radical (unpaired) electrons. The van der Waals surface area contributed by atoms with Crippen LogP contribution in [0.15, 0.2) is 81.7 Å². The van der Waals surface area contributed by atoms with E-state index in [0.29, 0.717) is 27.9 Å².